The lowest BCUT2D eigenvalue weighted by Crippen LogP contribution is -2.64. The number of hydrogen-bond donors (Lipinski definition) is 4. The first-order chi connectivity index (χ1) is 22.7. The van der Waals surface area contributed by atoms with Crippen LogP contribution in [0.15, 0.2) is 0 Å². The van der Waals surface area contributed by atoms with Crippen LogP contribution in [0.2, 0.25) is 0 Å². The van der Waals surface area contributed by atoms with Crippen LogP contribution in [0, 0.1) is 23.2 Å². The van der Waals surface area contributed by atoms with Crippen LogP contribution in [0.25, 0.3) is 0 Å². The first-order valence-electron chi connectivity index (χ1n) is 18.5. The highest BCUT2D eigenvalue weighted by Gasteiger charge is 2.50. The minimum Gasteiger partial charge on any atom is -0.363 e. The van der Waals surface area contributed by atoms with E-state index in [1.54, 1.807) is 25.7 Å². The Labute approximate surface area is 293 Å². The van der Waals surface area contributed by atoms with Gasteiger partial charge in [0.1, 0.15) is 12.1 Å². The Balaban J connectivity index is 1.58. The molecule has 0 bridgehead atoms. The molecule has 3 aliphatic carbocycles. The quantitative estimate of drug-likeness (QED) is 0.223. The van der Waals surface area contributed by atoms with Crippen LogP contribution in [-0.2, 0) is 29.0 Å². The molecule has 0 aromatic rings. The first kappa shape index (κ1) is 39.1. The average Bonchev–Trinajstić information content (AvgIpc) is 3.65. The van der Waals surface area contributed by atoms with Crippen molar-refractivity contribution in [1.82, 2.24) is 20.9 Å². The third-order valence-corrected chi connectivity index (χ3v) is 14.4. The summed E-state index contributed by atoms with van der Waals surface area (Å²) >= 11 is 0. The van der Waals surface area contributed by atoms with Gasteiger partial charge in [0.25, 0.3) is 5.91 Å². The molecule has 1 unspecified atom stereocenters. The number of sulfone groups is 1. The van der Waals surface area contributed by atoms with Gasteiger partial charge in [-0.3, -0.25) is 19.2 Å². The maximum atomic E-state index is 14.6. The van der Waals surface area contributed by atoms with E-state index >= 15 is 0 Å². The van der Waals surface area contributed by atoms with Gasteiger partial charge in [0.2, 0.25) is 17.6 Å². The number of ketones is 1. The van der Waals surface area contributed by atoms with Crippen LogP contribution >= 0.6 is 0 Å². The van der Waals surface area contributed by atoms with Crippen molar-refractivity contribution >= 4 is 39.4 Å². The molecule has 4 atom stereocenters. The number of carbonyl (C=O) groups is 5. The van der Waals surface area contributed by atoms with Crippen molar-refractivity contribution < 1.29 is 32.4 Å². The van der Waals surface area contributed by atoms with E-state index in [1.807, 2.05) is 20.8 Å². The van der Waals surface area contributed by atoms with Crippen LogP contribution in [0.5, 0.6) is 0 Å². The number of rotatable bonds is 12. The molecule has 5 amide bonds. The zero-order valence-electron chi connectivity index (χ0n) is 30.6. The first-order valence-corrected chi connectivity index (χ1v) is 20.2. The predicted octanol–water partition coefficient (Wildman–Crippen LogP) is 3.75. The fraction of sp³-hybridized carbons (Fsp3) is 0.861. The SMILES string of the molecule is CC(C)(C)[C@H](NC(=O)NC1(CS(=O)(=O)C(C)(C)C)CCCCC1)C(=O)N1CC[C@H](C2CCCC2)[C@H]1C(=O)NC(CC1CCC1)C(=O)C(N)=O. The van der Waals surface area contributed by atoms with Crippen LogP contribution in [0.3, 0.4) is 0 Å². The summed E-state index contributed by atoms with van der Waals surface area (Å²) in [7, 11) is -3.56. The van der Waals surface area contributed by atoms with Crippen molar-refractivity contribution in [3.63, 3.8) is 0 Å². The Kier molecular flexibility index (Phi) is 12.2. The van der Waals surface area contributed by atoms with Gasteiger partial charge in [-0.2, -0.15) is 0 Å². The molecule has 1 saturated heterocycles. The highest BCUT2D eigenvalue weighted by atomic mass is 32.2. The molecule has 4 aliphatic rings. The number of carbonyl (C=O) groups excluding carboxylic acids is 5. The van der Waals surface area contributed by atoms with Gasteiger partial charge in [-0.25, -0.2) is 13.2 Å². The monoisotopic (exact) mass is 707 g/mol. The minimum atomic E-state index is -3.56. The van der Waals surface area contributed by atoms with Crippen molar-refractivity contribution in [1.29, 1.82) is 0 Å². The maximum absolute atomic E-state index is 14.6. The number of nitrogens with two attached hydrogens (primary N) is 1. The Hall–Kier alpha value is -2.70. The van der Waals surface area contributed by atoms with Gasteiger partial charge in [-0.1, -0.05) is 85.0 Å². The van der Waals surface area contributed by atoms with Crippen molar-refractivity contribution in [3.8, 4) is 0 Å². The van der Waals surface area contributed by atoms with Crippen molar-refractivity contribution in [3.05, 3.63) is 0 Å². The fourth-order valence-electron chi connectivity index (χ4n) is 8.34. The lowest BCUT2D eigenvalue weighted by molar-refractivity contribution is -0.144. The second-order valence-electron chi connectivity index (χ2n) is 17.4. The highest BCUT2D eigenvalue weighted by molar-refractivity contribution is 7.92. The second-order valence-corrected chi connectivity index (χ2v) is 20.1. The lowest BCUT2D eigenvalue weighted by Gasteiger charge is -2.41. The topological polar surface area (TPSA) is 185 Å². The number of urea groups is 1. The smallest absolute Gasteiger partial charge is 0.315 e. The number of nitrogens with one attached hydrogen (secondary N) is 3. The zero-order chi connectivity index (χ0) is 36.4. The predicted molar refractivity (Wildman–Crippen MR) is 188 cm³/mol. The number of Topliss-reactive ketones (excluding diaryl/α,β-unsaturated/α-hetero) is 1. The Bertz CT molecular complexity index is 1350. The van der Waals surface area contributed by atoms with E-state index in [9.17, 15) is 32.4 Å². The third kappa shape index (κ3) is 9.35. The fourth-order valence-corrected chi connectivity index (χ4v) is 9.86. The normalized spacial score (nSPS) is 24.8. The van der Waals surface area contributed by atoms with Crippen molar-refractivity contribution in [2.75, 3.05) is 12.3 Å². The van der Waals surface area contributed by atoms with Gasteiger partial charge in [0.15, 0.2) is 9.84 Å². The molecule has 0 spiro atoms. The molecule has 3 saturated carbocycles. The molecule has 1 aliphatic heterocycles. The summed E-state index contributed by atoms with van der Waals surface area (Å²) in [6, 6.07) is -3.55. The Morgan fingerprint density at radius 2 is 1.45 bits per heavy atom. The Morgan fingerprint density at radius 3 is 1.96 bits per heavy atom. The van der Waals surface area contributed by atoms with E-state index in [-0.39, 0.29) is 23.5 Å². The van der Waals surface area contributed by atoms with Gasteiger partial charge < -0.3 is 26.6 Å². The summed E-state index contributed by atoms with van der Waals surface area (Å²) in [5, 5.41) is 8.77. The molecule has 278 valence electrons. The third-order valence-electron chi connectivity index (χ3n) is 11.6. The summed E-state index contributed by atoms with van der Waals surface area (Å²) < 4.78 is 25.7. The molecule has 13 heteroatoms. The number of primary amides is 1. The molecule has 0 aromatic carbocycles. The summed E-state index contributed by atoms with van der Waals surface area (Å²) in [5.74, 6) is -2.64. The van der Waals surface area contributed by atoms with Crippen molar-refractivity contribution in [2.24, 2.45) is 28.9 Å². The van der Waals surface area contributed by atoms with Gasteiger partial charge in [-0.05, 0) is 69.6 Å². The molecule has 4 rings (SSSR count). The van der Waals surface area contributed by atoms with Gasteiger partial charge in [-0.15, -0.1) is 0 Å². The molecule has 12 nitrogen and oxygen atoms in total. The molecule has 49 heavy (non-hydrogen) atoms. The molecule has 0 aromatic heterocycles. The van der Waals surface area contributed by atoms with Crippen molar-refractivity contribution in [2.45, 2.75) is 160 Å². The van der Waals surface area contributed by atoms with E-state index in [4.69, 9.17) is 5.73 Å². The maximum Gasteiger partial charge on any atom is 0.315 e. The van der Waals surface area contributed by atoms with E-state index in [0.717, 1.165) is 64.2 Å². The summed E-state index contributed by atoms with van der Waals surface area (Å²) in [6.45, 7) is 10.8. The standard InChI is InChI=1S/C36H61N5O7S/c1-34(2,3)29(39-33(46)40-36(18-10-7-11-19-36)22-49(47,48)35(4,5)6)32(45)41-20-17-25(24-15-8-9-16-24)27(41)31(44)38-26(28(42)30(37)43)21-23-13-12-14-23/h23-27,29H,7-22H2,1-6H3,(H2,37,43)(H,38,44)(H2,39,40,46)/t25-,26?,27+,29-/m1/s1. The number of amides is 5. The molecule has 4 fully saturated rings. The minimum absolute atomic E-state index is 0.123. The van der Waals surface area contributed by atoms with Gasteiger partial charge >= 0.3 is 6.03 Å². The average molecular weight is 708 g/mol. The molecular formula is C36H61N5O7S. The zero-order valence-corrected chi connectivity index (χ0v) is 31.4. The number of nitrogens with zero attached hydrogens (tertiary/aromatic N) is 1. The number of hydrogen-bond acceptors (Lipinski definition) is 7. The van der Waals surface area contributed by atoms with E-state index in [1.165, 1.54) is 0 Å². The summed E-state index contributed by atoms with van der Waals surface area (Å²) in [6.07, 6.45) is 11.4. The summed E-state index contributed by atoms with van der Waals surface area (Å²) in [5.41, 5.74) is 3.68. The summed E-state index contributed by atoms with van der Waals surface area (Å²) in [4.78, 5) is 68.9. The van der Waals surface area contributed by atoms with E-state index in [2.05, 4.69) is 16.0 Å². The Morgan fingerprint density at radius 1 is 0.837 bits per heavy atom. The molecular weight excluding hydrogens is 646 g/mol. The van der Waals surface area contributed by atoms with E-state index < -0.39 is 73.2 Å². The van der Waals surface area contributed by atoms with E-state index in [0.29, 0.717) is 32.2 Å². The van der Waals surface area contributed by atoms with Crippen LogP contribution in [0.1, 0.15) is 131 Å². The molecule has 5 N–H and O–H groups in total. The number of likely N-dealkylation sites (tertiary alicyclic amines) is 1. The molecule has 0 radical (unpaired) electrons. The highest BCUT2D eigenvalue weighted by Crippen LogP contribution is 2.41. The van der Waals surface area contributed by atoms with Gasteiger partial charge in [0, 0.05) is 6.54 Å². The van der Waals surface area contributed by atoms with Crippen LogP contribution in [0.4, 0.5) is 4.79 Å². The largest absolute Gasteiger partial charge is 0.363 e. The van der Waals surface area contributed by atoms with Crippen LogP contribution < -0.4 is 21.7 Å². The molecule has 1 heterocycles. The lowest BCUT2D eigenvalue weighted by atomic mass is 9.79. The second kappa shape index (κ2) is 15.3. The van der Waals surface area contributed by atoms with Gasteiger partial charge in [0.05, 0.1) is 22.1 Å². The van der Waals surface area contributed by atoms with Crippen LogP contribution in [-0.4, -0.2) is 83.6 Å².